The van der Waals surface area contributed by atoms with E-state index in [0.717, 1.165) is 0 Å². The lowest BCUT2D eigenvalue weighted by molar-refractivity contribution is 0.00549. The summed E-state index contributed by atoms with van der Waals surface area (Å²) < 4.78 is 14.0. The predicted octanol–water partition coefficient (Wildman–Crippen LogP) is 8.68. The van der Waals surface area contributed by atoms with Crippen molar-refractivity contribution in [2.45, 2.75) is 118 Å². The second-order valence-corrected chi connectivity index (χ2v) is 22.1. The molecule has 0 amide bonds. The molecule has 2 nitrogen and oxygen atoms in total. The third-order valence-electron chi connectivity index (χ3n) is 8.12. The molecule has 0 heterocycles. The molecule has 0 unspecified atom stereocenters. The molecule has 0 saturated heterocycles. The summed E-state index contributed by atoms with van der Waals surface area (Å²) >= 11 is 0. The van der Waals surface area contributed by atoms with Crippen LogP contribution in [0.25, 0.3) is 0 Å². The predicted molar refractivity (Wildman–Crippen MR) is 141 cm³/mol. The van der Waals surface area contributed by atoms with E-state index in [1.165, 1.54) is 0 Å². The fourth-order valence-corrected chi connectivity index (χ4v) is 6.21. The van der Waals surface area contributed by atoms with Crippen LogP contribution in [0, 0.1) is 23.7 Å². The molecule has 6 atom stereocenters. The Labute approximate surface area is 192 Å². The lowest BCUT2D eigenvalue weighted by Gasteiger charge is -2.47. The Hall–Kier alpha value is -0.166. The van der Waals surface area contributed by atoms with Crippen LogP contribution in [0.2, 0.25) is 36.3 Å². The standard InChI is InChI=1S/C26H54O2Si2/c1-17-19(3)23(27-29(13,14)25(7,8)9)21(5)22(6)24(20(4)18-2)28-30(15,16)26(10,11)12/h17-24H,1-2H2,3-16H3/t19-,20+,21-,22+,23-,24+. The fraction of sp³-hybridized carbons (Fsp3) is 0.846. The van der Waals surface area contributed by atoms with Gasteiger partial charge in [-0.2, -0.15) is 0 Å². The van der Waals surface area contributed by atoms with Gasteiger partial charge in [0.15, 0.2) is 16.6 Å². The van der Waals surface area contributed by atoms with Gasteiger partial charge in [-0.25, -0.2) is 0 Å². The molecule has 0 bridgehead atoms. The van der Waals surface area contributed by atoms with Crippen LogP contribution in [0.1, 0.15) is 69.2 Å². The highest BCUT2D eigenvalue weighted by molar-refractivity contribution is 6.74. The summed E-state index contributed by atoms with van der Waals surface area (Å²) in [6.45, 7) is 40.7. The maximum absolute atomic E-state index is 7.00. The molecular weight excluding hydrogens is 400 g/mol. The second kappa shape index (κ2) is 10.6. The Morgan fingerprint density at radius 1 is 0.600 bits per heavy atom. The molecule has 30 heavy (non-hydrogen) atoms. The summed E-state index contributed by atoms with van der Waals surface area (Å²) in [5.41, 5.74) is 0. The molecule has 0 aliphatic heterocycles. The van der Waals surface area contributed by atoms with Gasteiger partial charge in [-0.15, -0.1) is 13.2 Å². The van der Waals surface area contributed by atoms with Gasteiger partial charge in [-0.05, 0) is 59.9 Å². The van der Waals surface area contributed by atoms with Crippen molar-refractivity contribution in [1.29, 1.82) is 0 Å². The Morgan fingerprint density at radius 2 is 0.833 bits per heavy atom. The van der Waals surface area contributed by atoms with E-state index < -0.39 is 16.6 Å². The first-order valence-electron chi connectivity index (χ1n) is 11.8. The zero-order chi connectivity index (χ0) is 24.3. The van der Waals surface area contributed by atoms with Gasteiger partial charge in [0.25, 0.3) is 0 Å². The average Bonchev–Trinajstić information content (AvgIpc) is 2.59. The molecular formula is C26H54O2Si2. The Kier molecular flexibility index (Phi) is 10.6. The van der Waals surface area contributed by atoms with Crippen LogP contribution in [-0.4, -0.2) is 28.8 Å². The highest BCUT2D eigenvalue weighted by atomic mass is 28.4. The van der Waals surface area contributed by atoms with Gasteiger partial charge in [0.05, 0.1) is 12.2 Å². The van der Waals surface area contributed by atoms with E-state index in [0.29, 0.717) is 23.7 Å². The summed E-state index contributed by atoms with van der Waals surface area (Å²) in [5.74, 6) is 1.29. The lowest BCUT2D eigenvalue weighted by Crippen LogP contribution is -2.51. The van der Waals surface area contributed by atoms with Crippen molar-refractivity contribution in [3.05, 3.63) is 25.3 Å². The number of hydrogen-bond acceptors (Lipinski definition) is 2. The van der Waals surface area contributed by atoms with E-state index in [4.69, 9.17) is 8.85 Å². The maximum atomic E-state index is 7.00. The second-order valence-electron chi connectivity index (χ2n) is 12.6. The molecule has 0 rings (SSSR count). The monoisotopic (exact) mass is 454 g/mol. The molecule has 0 spiro atoms. The van der Waals surface area contributed by atoms with Crippen LogP contribution < -0.4 is 0 Å². The highest BCUT2D eigenvalue weighted by Gasteiger charge is 2.45. The number of rotatable bonds is 11. The first kappa shape index (κ1) is 29.8. The van der Waals surface area contributed by atoms with E-state index in [2.05, 4.69) is 121 Å². The van der Waals surface area contributed by atoms with Gasteiger partial charge in [0.1, 0.15) is 0 Å². The molecule has 0 aliphatic carbocycles. The SMILES string of the molecule is C=C[C@@H](C)[C@@H](O[Si](C)(C)C(C)(C)C)[C@H](C)[C@H](C)[C@@H](O[Si](C)(C)C(C)(C)C)[C@@H](C)C=C. The van der Waals surface area contributed by atoms with Crippen molar-refractivity contribution in [3.63, 3.8) is 0 Å². The van der Waals surface area contributed by atoms with E-state index in [1.807, 2.05) is 0 Å². The van der Waals surface area contributed by atoms with Crippen LogP contribution in [0.4, 0.5) is 0 Å². The van der Waals surface area contributed by atoms with Gasteiger partial charge in [0.2, 0.25) is 0 Å². The van der Waals surface area contributed by atoms with Crippen molar-refractivity contribution in [2.24, 2.45) is 23.7 Å². The third kappa shape index (κ3) is 7.46. The summed E-state index contributed by atoms with van der Waals surface area (Å²) in [5, 5.41) is 0.362. The molecule has 4 heteroatoms. The van der Waals surface area contributed by atoms with Gasteiger partial charge in [0, 0.05) is 0 Å². The molecule has 0 saturated carbocycles. The Bertz CT molecular complexity index is 504. The Morgan fingerprint density at radius 3 is 1.00 bits per heavy atom. The molecule has 0 fully saturated rings. The van der Waals surface area contributed by atoms with E-state index in [1.54, 1.807) is 0 Å². The minimum absolute atomic E-state index is 0.140. The van der Waals surface area contributed by atoms with Crippen molar-refractivity contribution in [1.82, 2.24) is 0 Å². The fourth-order valence-electron chi connectivity index (χ4n) is 3.29. The van der Waals surface area contributed by atoms with Crippen LogP contribution in [0.3, 0.4) is 0 Å². The zero-order valence-electron chi connectivity index (χ0n) is 22.8. The van der Waals surface area contributed by atoms with Gasteiger partial charge in [-0.1, -0.05) is 81.4 Å². The molecule has 0 aromatic heterocycles. The Balaban J connectivity index is 6.00. The van der Waals surface area contributed by atoms with E-state index in [9.17, 15) is 0 Å². The largest absolute Gasteiger partial charge is 0.413 e. The van der Waals surface area contributed by atoms with Crippen molar-refractivity contribution >= 4 is 16.6 Å². The summed E-state index contributed by atoms with van der Waals surface area (Å²) in [6, 6.07) is 0. The van der Waals surface area contributed by atoms with Crippen LogP contribution in [0.5, 0.6) is 0 Å². The van der Waals surface area contributed by atoms with Crippen LogP contribution in [0.15, 0.2) is 25.3 Å². The molecule has 0 aromatic rings. The first-order valence-corrected chi connectivity index (χ1v) is 17.7. The van der Waals surface area contributed by atoms with Crippen LogP contribution >= 0.6 is 0 Å². The minimum atomic E-state index is -1.90. The van der Waals surface area contributed by atoms with Crippen molar-refractivity contribution < 1.29 is 8.85 Å². The van der Waals surface area contributed by atoms with E-state index >= 15 is 0 Å². The summed E-state index contributed by atoms with van der Waals surface area (Å²) in [6.07, 6.45) is 4.39. The molecule has 0 N–H and O–H groups in total. The topological polar surface area (TPSA) is 18.5 Å². The van der Waals surface area contributed by atoms with Gasteiger partial charge >= 0.3 is 0 Å². The van der Waals surface area contributed by atoms with Crippen molar-refractivity contribution in [3.8, 4) is 0 Å². The number of hydrogen-bond donors (Lipinski definition) is 0. The summed E-state index contributed by atoms with van der Waals surface area (Å²) in [7, 11) is -3.81. The normalized spacial score (nSPS) is 20.1. The molecule has 0 aliphatic rings. The smallest absolute Gasteiger partial charge is 0.192 e. The molecule has 0 aromatic carbocycles. The summed E-state index contributed by atoms with van der Waals surface area (Å²) in [4.78, 5) is 0. The maximum Gasteiger partial charge on any atom is 0.192 e. The molecule has 0 radical (unpaired) electrons. The van der Waals surface area contributed by atoms with Gasteiger partial charge < -0.3 is 8.85 Å². The highest BCUT2D eigenvalue weighted by Crippen LogP contribution is 2.43. The zero-order valence-corrected chi connectivity index (χ0v) is 24.8. The first-order chi connectivity index (χ1) is 13.2. The van der Waals surface area contributed by atoms with E-state index in [-0.39, 0.29) is 22.3 Å². The van der Waals surface area contributed by atoms with Crippen LogP contribution in [-0.2, 0) is 8.85 Å². The third-order valence-corrected chi connectivity index (χ3v) is 17.1. The minimum Gasteiger partial charge on any atom is -0.413 e. The average molecular weight is 455 g/mol. The van der Waals surface area contributed by atoms with Crippen molar-refractivity contribution in [2.75, 3.05) is 0 Å². The van der Waals surface area contributed by atoms with Gasteiger partial charge in [-0.3, -0.25) is 0 Å². The molecule has 178 valence electrons. The quantitative estimate of drug-likeness (QED) is 0.229. The lowest BCUT2D eigenvalue weighted by atomic mass is 9.78.